The Morgan fingerprint density at radius 3 is 2.89 bits per heavy atom. The molecule has 4 rings (SSSR count). The van der Waals surface area contributed by atoms with E-state index < -0.39 is 0 Å². The number of aromatic amines is 1. The van der Waals surface area contributed by atoms with Crippen molar-refractivity contribution in [3.05, 3.63) is 61.1 Å². The Balaban J connectivity index is 2.10. The summed E-state index contributed by atoms with van der Waals surface area (Å²) in [4.78, 5) is 0. The first-order valence-corrected chi connectivity index (χ1v) is 5.92. The van der Waals surface area contributed by atoms with E-state index in [9.17, 15) is 0 Å². The molecule has 0 fully saturated rings. The van der Waals surface area contributed by atoms with E-state index in [1.807, 2.05) is 18.3 Å². The predicted octanol–water partition coefficient (Wildman–Crippen LogP) is 3.48. The molecule has 0 saturated heterocycles. The third kappa shape index (κ3) is 1.21. The first-order valence-electron chi connectivity index (χ1n) is 5.92. The van der Waals surface area contributed by atoms with Crippen molar-refractivity contribution in [3.63, 3.8) is 0 Å². The summed E-state index contributed by atoms with van der Waals surface area (Å²) in [6.45, 7) is 0. The Bertz CT molecular complexity index is 839. The third-order valence-corrected chi connectivity index (χ3v) is 3.34. The standard InChI is InChI=1S/C15H11N3/c1-2-8-18-9-7-12(15(18)6-1)11-4-3-5-14-13(11)10-16-17-14/h1-10H,(H,16,17). The van der Waals surface area contributed by atoms with Crippen LogP contribution in [0, 0.1) is 0 Å². The summed E-state index contributed by atoms with van der Waals surface area (Å²) < 4.78 is 2.13. The van der Waals surface area contributed by atoms with Gasteiger partial charge in [0.25, 0.3) is 0 Å². The van der Waals surface area contributed by atoms with Gasteiger partial charge in [0.2, 0.25) is 0 Å². The molecule has 3 aromatic heterocycles. The van der Waals surface area contributed by atoms with Gasteiger partial charge in [-0.05, 0) is 29.8 Å². The Morgan fingerprint density at radius 1 is 0.889 bits per heavy atom. The fourth-order valence-electron chi connectivity index (χ4n) is 2.49. The average Bonchev–Trinajstić information content (AvgIpc) is 3.05. The van der Waals surface area contributed by atoms with E-state index in [-0.39, 0.29) is 0 Å². The van der Waals surface area contributed by atoms with Gasteiger partial charge in [-0.25, -0.2) is 0 Å². The van der Waals surface area contributed by atoms with E-state index in [1.165, 1.54) is 16.6 Å². The van der Waals surface area contributed by atoms with Crippen molar-refractivity contribution in [3.8, 4) is 11.1 Å². The van der Waals surface area contributed by atoms with Crippen LogP contribution in [-0.4, -0.2) is 14.6 Å². The minimum absolute atomic E-state index is 1.07. The smallest absolute Gasteiger partial charge is 0.0656 e. The lowest BCUT2D eigenvalue weighted by Gasteiger charge is -2.02. The molecule has 86 valence electrons. The minimum atomic E-state index is 1.07. The summed E-state index contributed by atoms with van der Waals surface area (Å²) in [7, 11) is 0. The number of hydrogen-bond donors (Lipinski definition) is 1. The van der Waals surface area contributed by atoms with Gasteiger partial charge in [0.15, 0.2) is 0 Å². The van der Waals surface area contributed by atoms with Crippen molar-refractivity contribution in [2.45, 2.75) is 0 Å². The third-order valence-electron chi connectivity index (χ3n) is 3.34. The molecule has 0 aliphatic carbocycles. The molecule has 0 aliphatic rings. The van der Waals surface area contributed by atoms with Gasteiger partial charge >= 0.3 is 0 Å². The van der Waals surface area contributed by atoms with Crippen LogP contribution in [0.5, 0.6) is 0 Å². The molecule has 3 heterocycles. The molecule has 0 radical (unpaired) electrons. The molecule has 0 unspecified atom stereocenters. The van der Waals surface area contributed by atoms with Crippen LogP contribution in [0.3, 0.4) is 0 Å². The van der Waals surface area contributed by atoms with Crippen LogP contribution in [0.4, 0.5) is 0 Å². The molecule has 0 atom stereocenters. The molecule has 18 heavy (non-hydrogen) atoms. The van der Waals surface area contributed by atoms with Crippen molar-refractivity contribution in [1.29, 1.82) is 0 Å². The lowest BCUT2D eigenvalue weighted by atomic mass is 10.0. The molecular weight excluding hydrogens is 222 g/mol. The topological polar surface area (TPSA) is 33.1 Å². The number of pyridine rings is 1. The fourth-order valence-corrected chi connectivity index (χ4v) is 2.49. The van der Waals surface area contributed by atoms with Crippen LogP contribution < -0.4 is 0 Å². The first-order chi connectivity index (χ1) is 8.93. The maximum Gasteiger partial charge on any atom is 0.0656 e. The highest BCUT2D eigenvalue weighted by atomic mass is 15.1. The molecular formula is C15H11N3. The largest absolute Gasteiger partial charge is 0.323 e. The lowest BCUT2D eigenvalue weighted by Crippen LogP contribution is -1.81. The molecule has 3 nitrogen and oxygen atoms in total. The first kappa shape index (κ1) is 9.48. The lowest BCUT2D eigenvalue weighted by molar-refractivity contribution is 1.12. The van der Waals surface area contributed by atoms with Crippen LogP contribution in [-0.2, 0) is 0 Å². The van der Waals surface area contributed by atoms with E-state index in [4.69, 9.17) is 0 Å². The van der Waals surface area contributed by atoms with Gasteiger partial charge in [0, 0.05) is 23.3 Å². The number of aromatic nitrogens is 3. The molecule has 0 saturated carbocycles. The van der Waals surface area contributed by atoms with Crippen molar-refractivity contribution >= 4 is 16.4 Å². The molecule has 0 spiro atoms. The van der Waals surface area contributed by atoms with Crippen molar-refractivity contribution in [2.75, 3.05) is 0 Å². The van der Waals surface area contributed by atoms with Crippen LogP contribution in [0.25, 0.3) is 27.5 Å². The Labute approximate surface area is 104 Å². The number of hydrogen-bond acceptors (Lipinski definition) is 1. The van der Waals surface area contributed by atoms with E-state index >= 15 is 0 Å². The summed E-state index contributed by atoms with van der Waals surface area (Å²) in [5.74, 6) is 0. The van der Waals surface area contributed by atoms with Crippen molar-refractivity contribution < 1.29 is 0 Å². The van der Waals surface area contributed by atoms with Crippen LogP contribution in [0.2, 0.25) is 0 Å². The molecule has 1 aromatic carbocycles. The van der Waals surface area contributed by atoms with E-state index in [0.717, 1.165) is 10.9 Å². The number of benzene rings is 1. The Kier molecular flexibility index (Phi) is 1.83. The highest BCUT2D eigenvalue weighted by Gasteiger charge is 2.08. The summed E-state index contributed by atoms with van der Waals surface area (Å²) in [5.41, 5.74) is 4.74. The van der Waals surface area contributed by atoms with Gasteiger partial charge < -0.3 is 4.40 Å². The molecule has 0 bridgehead atoms. The number of rotatable bonds is 1. The molecule has 4 aromatic rings. The van der Waals surface area contributed by atoms with E-state index in [0.29, 0.717) is 0 Å². The van der Waals surface area contributed by atoms with Gasteiger partial charge in [-0.15, -0.1) is 0 Å². The predicted molar refractivity (Wildman–Crippen MR) is 72.5 cm³/mol. The highest BCUT2D eigenvalue weighted by Crippen LogP contribution is 2.31. The summed E-state index contributed by atoms with van der Waals surface area (Å²) in [6, 6.07) is 14.6. The van der Waals surface area contributed by atoms with Crippen LogP contribution in [0.15, 0.2) is 61.1 Å². The van der Waals surface area contributed by atoms with Gasteiger partial charge in [-0.3, -0.25) is 5.10 Å². The fraction of sp³-hybridized carbons (Fsp3) is 0. The molecule has 0 amide bonds. The average molecular weight is 233 g/mol. The van der Waals surface area contributed by atoms with Crippen LogP contribution >= 0.6 is 0 Å². The molecule has 0 aliphatic heterocycles. The van der Waals surface area contributed by atoms with Gasteiger partial charge in [-0.1, -0.05) is 18.2 Å². The zero-order chi connectivity index (χ0) is 11.9. The monoisotopic (exact) mass is 233 g/mol. The number of H-pyrrole nitrogens is 1. The number of fused-ring (bicyclic) bond motifs is 2. The highest BCUT2D eigenvalue weighted by molar-refractivity contribution is 5.98. The zero-order valence-electron chi connectivity index (χ0n) is 9.67. The zero-order valence-corrected chi connectivity index (χ0v) is 9.67. The second kappa shape index (κ2) is 3.47. The second-order valence-electron chi connectivity index (χ2n) is 4.36. The second-order valence-corrected chi connectivity index (χ2v) is 4.36. The number of nitrogens with zero attached hydrogens (tertiary/aromatic N) is 2. The Morgan fingerprint density at radius 2 is 1.89 bits per heavy atom. The quantitative estimate of drug-likeness (QED) is 0.536. The minimum Gasteiger partial charge on any atom is -0.323 e. The van der Waals surface area contributed by atoms with Gasteiger partial charge in [0.05, 0.1) is 17.2 Å². The number of nitrogens with one attached hydrogen (secondary N) is 1. The summed E-state index contributed by atoms with van der Waals surface area (Å²) in [5, 5.41) is 8.29. The molecule has 1 N–H and O–H groups in total. The van der Waals surface area contributed by atoms with Gasteiger partial charge in [0.1, 0.15) is 0 Å². The normalized spacial score (nSPS) is 11.3. The SMILES string of the molecule is c1cc(-c2ccn3ccccc23)c2cn[nH]c2c1. The molecule has 3 heteroatoms. The van der Waals surface area contributed by atoms with Gasteiger partial charge in [-0.2, -0.15) is 5.10 Å². The Hall–Kier alpha value is -2.55. The summed E-state index contributed by atoms with van der Waals surface area (Å²) >= 11 is 0. The maximum atomic E-state index is 4.12. The van der Waals surface area contributed by atoms with E-state index in [1.54, 1.807) is 0 Å². The summed E-state index contributed by atoms with van der Waals surface area (Å²) in [6.07, 6.45) is 6.04. The van der Waals surface area contributed by atoms with Crippen molar-refractivity contribution in [2.24, 2.45) is 0 Å². The van der Waals surface area contributed by atoms with Crippen molar-refractivity contribution in [1.82, 2.24) is 14.6 Å². The van der Waals surface area contributed by atoms with E-state index in [2.05, 4.69) is 57.3 Å². The maximum absolute atomic E-state index is 4.12. The van der Waals surface area contributed by atoms with Crippen LogP contribution in [0.1, 0.15) is 0 Å².